The summed E-state index contributed by atoms with van der Waals surface area (Å²) in [6, 6.07) is 38.5. The van der Waals surface area contributed by atoms with Gasteiger partial charge in [0.1, 0.15) is 6.17 Å². The summed E-state index contributed by atoms with van der Waals surface area (Å²) >= 11 is 0. The van der Waals surface area contributed by atoms with Gasteiger partial charge >= 0.3 is 0 Å². The van der Waals surface area contributed by atoms with E-state index in [2.05, 4.69) is 138 Å². The molecule has 4 aromatic carbocycles. The predicted octanol–water partition coefficient (Wildman–Crippen LogP) is 6.74. The Bertz CT molecular complexity index is 1070. The standard InChI is InChI=1S/C27H25N3/c1-28-25-19-11-12-20-26(25)29(2)27(28)23-17-9-10-18-24(23)30(21-13-5-3-6-14-21)22-15-7-4-8-16-22/h3-20,27H,1-2H3. The number of fused-ring (bicyclic) bond motifs is 1. The van der Waals surface area contributed by atoms with Crippen LogP contribution in [0.25, 0.3) is 0 Å². The van der Waals surface area contributed by atoms with Crippen LogP contribution in [-0.2, 0) is 0 Å². The summed E-state index contributed by atoms with van der Waals surface area (Å²) in [5, 5.41) is 0. The second-order valence-electron chi connectivity index (χ2n) is 7.65. The molecule has 148 valence electrons. The summed E-state index contributed by atoms with van der Waals surface area (Å²) in [5.41, 5.74) is 7.27. The zero-order valence-corrected chi connectivity index (χ0v) is 17.3. The highest BCUT2D eigenvalue weighted by Crippen LogP contribution is 2.48. The van der Waals surface area contributed by atoms with Crippen LogP contribution in [0.2, 0.25) is 0 Å². The maximum atomic E-state index is 2.36. The van der Waals surface area contributed by atoms with Crippen molar-refractivity contribution in [2.24, 2.45) is 0 Å². The first-order chi connectivity index (χ1) is 14.8. The molecule has 0 fully saturated rings. The van der Waals surface area contributed by atoms with Crippen molar-refractivity contribution in [3.63, 3.8) is 0 Å². The molecule has 0 bridgehead atoms. The van der Waals surface area contributed by atoms with Gasteiger partial charge < -0.3 is 14.7 Å². The quantitative estimate of drug-likeness (QED) is 0.381. The minimum absolute atomic E-state index is 0.119. The first-order valence-corrected chi connectivity index (χ1v) is 10.3. The van der Waals surface area contributed by atoms with Crippen molar-refractivity contribution in [2.45, 2.75) is 6.17 Å². The molecule has 0 N–H and O–H groups in total. The SMILES string of the molecule is CN1c2ccccc2N(C)C1c1ccccc1N(c1ccccc1)c1ccccc1. The molecule has 0 atom stereocenters. The van der Waals surface area contributed by atoms with Crippen LogP contribution in [0.3, 0.4) is 0 Å². The fraction of sp³-hybridized carbons (Fsp3) is 0.111. The van der Waals surface area contributed by atoms with Gasteiger partial charge in [-0.3, -0.25) is 0 Å². The molecule has 0 saturated heterocycles. The lowest BCUT2D eigenvalue weighted by Crippen LogP contribution is -2.31. The lowest BCUT2D eigenvalue weighted by molar-refractivity contribution is 0.694. The van der Waals surface area contributed by atoms with Crippen LogP contribution in [0.4, 0.5) is 28.4 Å². The molecule has 5 rings (SSSR count). The maximum Gasteiger partial charge on any atom is 0.130 e. The van der Waals surface area contributed by atoms with Gasteiger partial charge in [0, 0.05) is 31.0 Å². The largest absolute Gasteiger partial charge is 0.349 e. The summed E-state index contributed by atoms with van der Waals surface area (Å²) in [4.78, 5) is 7.07. The third kappa shape index (κ3) is 3.00. The van der Waals surface area contributed by atoms with Crippen LogP contribution in [0, 0.1) is 0 Å². The molecule has 0 spiro atoms. The molecule has 0 saturated carbocycles. The minimum atomic E-state index is 0.119. The number of anilines is 5. The Morgan fingerprint density at radius 3 is 1.50 bits per heavy atom. The Morgan fingerprint density at radius 2 is 0.967 bits per heavy atom. The van der Waals surface area contributed by atoms with Gasteiger partial charge in [-0.25, -0.2) is 0 Å². The van der Waals surface area contributed by atoms with E-state index >= 15 is 0 Å². The van der Waals surface area contributed by atoms with Crippen LogP contribution in [0.15, 0.2) is 109 Å². The average Bonchev–Trinajstić information content (AvgIpc) is 3.06. The Kier molecular flexibility index (Phi) is 4.64. The molecule has 0 unspecified atom stereocenters. The van der Waals surface area contributed by atoms with Crippen LogP contribution >= 0.6 is 0 Å². The molecule has 0 aromatic heterocycles. The van der Waals surface area contributed by atoms with Gasteiger partial charge in [-0.2, -0.15) is 0 Å². The number of hydrogen-bond donors (Lipinski definition) is 0. The number of rotatable bonds is 4. The fourth-order valence-electron chi connectivity index (χ4n) is 4.49. The molecule has 1 aliphatic rings. The third-order valence-corrected chi connectivity index (χ3v) is 5.86. The molecule has 0 aliphatic carbocycles. The van der Waals surface area contributed by atoms with Crippen molar-refractivity contribution in [1.82, 2.24) is 0 Å². The van der Waals surface area contributed by atoms with E-state index in [-0.39, 0.29) is 6.17 Å². The Morgan fingerprint density at radius 1 is 0.533 bits per heavy atom. The molecule has 1 aliphatic heterocycles. The van der Waals surface area contributed by atoms with Crippen LogP contribution in [-0.4, -0.2) is 14.1 Å². The van der Waals surface area contributed by atoms with E-state index in [1.165, 1.54) is 22.6 Å². The number of hydrogen-bond acceptors (Lipinski definition) is 3. The van der Waals surface area contributed by atoms with Crippen molar-refractivity contribution < 1.29 is 0 Å². The molecular formula is C27H25N3. The monoisotopic (exact) mass is 391 g/mol. The lowest BCUT2D eigenvalue weighted by Gasteiger charge is -2.34. The Labute approximate surface area is 178 Å². The van der Waals surface area contributed by atoms with Gasteiger partial charge in [0.25, 0.3) is 0 Å². The molecule has 1 heterocycles. The zero-order valence-electron chi connectivity index (χ0n) is 17.3. The predicted molar refractivity (Wildman–Crippen MR) is 127 cm³/mol. The minimum Gasteiger partial charge on any atom is -0.349 e. The van der Waals surface area contributed by atoms with Crippen LogP contribution in [0.1, 0.15) is 11.7 Å². The molecule has 0 radical (unpaired) electrons. The van der Waals surface area contributed by atoms with E-state index in [1.54, 1.807) is 0 Å². The van der Waals surface area contributed by atoms with E-state index in [4.69, 9.17) is 0 Å². The first kappa shape index (κ1) is 18.3. The molecular weight excluding hydrogens is 366 g/mol. The van der Waals surface area contributed by atoms with Gasteiger partial charge in [0.15, 0.2) is 0 Å². The molecule has 3 heteroatoms. The second-order valence-corrected chi connectivity index (χ2v) is 7.65. The van der Waals surface area contributed by atoms with Crippen LogP contribution in [0.5, 0.6) is 0 Å². The number of para-hydroxylation sites is 5. The first-order valence-electron chi connectivity index (χ1n) is 10.3. The fourth-order valence-corrected chi connectivity index (χ4v) is 4.49. The van der Waals surface area contributed by atoms with E-state index in [9.17, 15) is 0 Å². The summed E-state index contributed by atoms with van der Waals surface area (Å²) in [6.45, 7) is 0. The lowest BCUT2D eigenvalue weighted by atomic mass is 10.1. The molecule has 0 amide bonds. The van der Waals surface area contributed by atoms with E-state index in [1.807, 2.05) is 0 Å². The highest BCUT2D eigenvalue weighted by atomic mass is 15.4. The average molecular weight is 392 g/mol. The Balaban J connectivity index is 1.67. The van der Waals surface area contributed by atoms with Gasteiger partial charge in [0.2, 0.25) is 0 Å². The highest BCUT2D eigenvalue weighted by molar-refractivity contribution is 5.83. The summed E-state index contributed by atoms with van der Waals surface area (Å²) in [6.07, 6.45) is 0.119. The summed E-state index contributed by atoms with van der Waals surface area (Å²) < 4.78 is 0. The van der Waals surface area contributed by atoms with Crippen molar-refractivity contribution in [2.75, 3.05) is 28.8 Å². The van der Waals surface area contributed by atoms with Gasteiger partial charge in [-0.05, 0) is 42.5 Å². The van der Waals surface area contributed by atoms with Crippen molar-refractivity contribution >= 4 is 28.4 Å². The van der Waals surface area contributed by atoms with Crippen molar-refractivity contribution in [3.8, 4) is 0 Å². The van der Waals surface area contributed by atoms with E-state index in [0.29, 0.717) is 0 Å². The topological polar surface area (TPSA) is 9.72 Å². The van der Waals surface area contributed by atoms with Crippen molar-refractivity contribution in [3.05, 3.63) is 115 Å². The number of benzene rings is 4. The second kappa shape index (κ2) is 7.60. The summed E-state index contributed by atoms with van der Waals surface area (Å²) in [7, 11) is 4.36. The Hall–Kier alpha value is -3.72. The maximum absolute atomic E-state index is 2.36. The molecule has 30 heavy (non-hydrogen) atoms. The zero-order chi connectivity index (χ0) is 20.5. The number of nitrogens with zero attached hydrogens (tertiary/aromatic N) is 3. The van der Waals surface area contributed by atoms with E-state index < -0.39 is 0 Å². The van der Waals surface area contributed by atoms with Gasteiger partial charge in [-0.1, -0.05) is 66.7 Å². The highest BCUT2D eigenvalue weighted by Gasteiger charge is 2.34. The molecule has 3 nitrogen and oxygen atoms in total. The smallest absolute Gasteiger partial charge is 0.130 e. The van der Waals surface area contributed by atoms with E-state index in [0.717, 1.165) is 11.4 Å². The van der Waals surface area contributed by atoms with Gasteiger partial charge in [-0.15, -0.1) is 0 Å². The van der Waals surface area contributed by atoms with Crippen LogP contribution < -0.4 is 14.7 Å². The van der Waals surface area contributed by atoms with Crippen molar-refractivity contribution in [1.29, 1.82) is 0 Å². The normalized spacial score (nSPS) is 13.4. The third-order valence-electron chi connectivity index (χ3n) is 5.86. The summed E-state index contributed by atoms with van der Waals surface area (Å²) in [5.74, 6) is 0. The van der Waals surface area contributed by atoms with Gasteiger partial charge in [0.05, 0.1) is 17.1 Å². The molecule has 4 aromatic rings.